The molecule has 2 N–H and O–H groups in total. The standard InChI is InChI=1S/C27H38ClNO5/c1-8-20(14-13-19(3)21-11-10-12-22(28)16-21)15-23(29-25(32)34-26(4,5)6)17-27(7,18-30)24(31)33-9-2/h8,10-14,16,23,30H,1,9,15,17-18H2,2-7H3,(H,29,32)/b19-13+,20-14+/t23-,27?/m1/s1. The molecule has 1 amide bonds. The molecule has 1 unspecified atom stereocenters. The number of carbonyl (C=O) groups excluding carboxylic acids is 2. The predicted molar refractivity (Wildman–Crippen MR) is 138 cm³/mol. The van der Waals surface area contributed by atoms with Crippen molar-refractivity contribution in [2.24, 2.45) is 5.41 Å². The Morgan fingerprint density at radius 3 is 2.44 bits per heavy atom. The predicted octanol–water partition coefficient (Wildman–Crippen LogP) is 6.09. The number of hydrogen-bond donors (Lipinski definition) is 2. The third kappa shape index (κ3) is 10.1. The maximum Gasteiger partial charge on any atom is 0.407 e. The first-order valence-corrected chi connectivity index (χ1v) is 11.7. The number of rotatable bonds is 11. The molecule has 0 spiro atoms. The van der Waals surface area contributed by atoms with Crippen molar-refractivity contribution in [3.63, 3.8) is 0 Å². The number of halogens is 1. The molecule has 0 saturated carbocycles. The second-order valence-corrected chi connectivity index (χ2v) is 9.93. The zero-order valence-electron chi connectivity index (χ0n) is 21.1. The Hall–Kier alpha value is -2.57. The van der Waals surface area contributed by atoms with E-state index in [2.05, 4.69) is 11.9 Å². The number of allylic oxidation sites excluding steroid dienone is 4. The number of esters is 1. The van der Waals surface area contributed by atoms with Crippen molar-refractivity contribution in [1.82, 2.24) is 5.32 Å². The lowest BCUT2D eigenvalue weighted by Gasteiger charge is -2.31. The Labute approximate surface area is 208 Å². The topological polar surface area (TPSA) is 84.9 Å². The summed E-state index contributed by atoms with van der Waals surface area (Å²) < 4.78 is 10.6. The van der Waals surface area contributed by atoms with Gasteiger partial charge >= 0.3 is 12.1 Å². The molecule has 0 heterocycles. The number of carbonyl (C=O) groups is 2. The first kappa shape index (κ1) is 29.5. The number of hydrogen-bond acceptors (Lipinski definition) is 5. The quantitative estimate of drug-likeness (QED) is 0.289. The largest absolute Gasteiger partial charge is 0.466 e. The maximum absolute atomic E-state index is 12.5. The van der Waals surface area contributed by atoms with E-state index in [4.69, 9.17) is 21.1 Å². The molecule has 1 aromatic rings. The van der Waals surface area contributed by atoms with E-state index in [0.29, 0.717) is 11.4 Å². The summed E-state index contributed by atoms with van der Waals surface area (Å²) in [6, 6.07) is 7.04. The monoisotopic (exact) mass is 491 g/mol. The van der Waals surface area contributed by atoms with Crippen molar-refractivity contribution in [3.05, 3.63) is 65.2 Å². The van der Waals surface area contributed by atoms with Gasteiger partial charge in [0, 0.05) is 11.1 Å². The van der Waals surface area contributed by atoms with Crippen molar-refractivity contribution < 1.29 is 24.2 Å². The highest BCUT2D eigenvalue weighted by atomic mass is 35.5. The minimum atomic E-state index is -1.19. The van der Waals surface area contributed by atoms with E-state index >= 15 is 0 Å². The van der Waals surface area contributed by atoms with Gasteiger partial charge in [-0.15, -0.1) is 0 Å². The summed E-state index contributed by atoms with van der Waals surface area (Å²) in [7, 11) is 0. The number of alkyl carbamates (subject to hydrolysis) is 1. The maximum atomic E-state index is 12.5. The summed E-state index contributed by atoms with van der Waals surface area (Å²) in [4.78, 5) is 25.0. The van der Waals surface area contributed by atoms with Crippen LogP contribution in [0.1, 0.15) is 59.9 Å². The van der Waals surface area contributed by atoms with Crippen LogP contribution in [0.2, 0.25) is 5.02 Å². The Morgan fingerprint density at radius 1 is 1.24 bits per heavy atom. The van der Waals surface area contributed by atoms with E-state index in [1.807, 2.05) is 43.3 Å². The molecule has 0 fully saturated rings. The number of amides is 1. The fraction of sp³-hybridized carbons (Fsp3) is 0.481. The average molecular weight is 492 g/mol. The Balaban J connectivity index is 3.18. The minimum absolute atomic E-state index is 0.156. The van der Waals surface area contributed by atoms with Gasteiger partial charge in [-0.2, -0.15) is 0 Å². The lowest BCUT2D eigenvalue weighted by molar-refractivity contribution is -0.157. The van der Waals surface area contributed by atoms with Crippen LogP contribution in [-0.2, 0) is 14.3 Å². The second-order valence-electron chi connectivity index (χ2n) is 9.50. The summed E-state index contributed by atoms with van der Waals surface area (Å²) in [5.74, 6) is -0.519. The zero-order chi connectivity index (χ0) is 25.9. The zero-order valence-corrected chi connectivity index (χ0v) is 21.9. The van der Waals surface area contributed by atoms with Gasteiger partial charge in [-0.1, -0.05) is 48.5 Å². The summed E-state index contributed by atoms with van der Waals surface area (Å²) in [5.41, 5.74) is 0.973. The molecule has 34 heavy (non-hydrogen) atoms. The van der Waals surface area contributed by atoms with Gasteiger partial charge in [-0.25, -0.2) is 4.79 Å². The molecule has 0 saturated heterocycles. The van der Waals surface area contributed by atoms with Crippen LogP contribution < -0.4 is 5.32 Å². The Kier molecular flexibility index (Phi) is 11.6. The highest BCUT2D eigenvalue weighted by Crippen LogP contribution is 2.28. The normalized spacial score (nSPS) is 15.2. The number of aliphatic hydroxyl groups excluding tert-OH is 1. The summed E-state index contributed by atoms with van der Waals surface area (Å²) in [6.45, 7) is 14.3. The molecule has 0 aliphatic heterocycles. The van der Waals surface area contributed by atoms with Gasteiger partial charge in [0.05, 0.1) is 18.6 Å². The van der Waals surface area contributed by atoms with Gasteiger partial charge in [-0.05, 0) is 83.2 Å². The van der Waals surface area contributed by atoms with E-state index in [1.165, 1.54) is 0 Å². The summed E-state index contributed by atoms with van der Waals surface area (Å²) >= 11 is 6.10. The van der Waals surface area contributed by atoms with E-state index in [-0.39, 0.29) is 13.0 Å². The highest BCUT2D eigenvalue weighted by molar-refractivity contribution is 6.30. The third-order valence-corrected chi connectivity index (χ3v) is 5.34. The fourth-order valence-electron chi connectivity index (χ4n) is 3.28. The van der Waals surface area contributed by atoms with Crippen LogP contribution in [0.15, 0.2) is 54.6 Å². The second kappa shape index (κ2) is 13.4. The SMILES string of the molecule is C=C/C(=C\C=C(/C)c1cccc(Cl)c1)C[C@H](CC(C)(CO)C(=O)OCC)NC(=O)OC(C)(C)C. The molecular formula is C27H38ClNO5. The molecule has 0 bridgehead atoms. The molecule has 0 aromatic heterocycles. The summed E-state index contributed by atoms with van der Waals surface area (Å²) in [6.07, 6.45) is 5.49. The van der Waals surface area contributed by atoms with Crippen LogP contribution in [0.25, 0.3) is 5.57 Å². The first-order valence-electron chi connectivity index (χ1n) is 11.4. The van der Waals surface area contributed by atoms with Crippen molar-refractivity contribution in [1.29, 1.82) is 0 Å². The smallest absolute Gasteiger partial charge is 0.407 e. The molecule has 1 rings (SSSR count). The minimum Gasteiger partial charge on any atom is -0.466 e. The van der Waals surface area contributed by atoms with Crippen molar-refractivity contribution in [3.8, 4) is 0 Å². The summed E-state index contributed by atoms with van der Waals surface area (Å²) in [5, 5.41) is 13.5. The van der Waals surface area contributed by atoms with Crippen LogP contribution in [0.5, 0.6) is 0 Å². The van der Waals surface area contributed by atoms with Crippen molar-refractivity contribution >= 4 is 29.2 Å². The number of nitrogens with one attached hydrogen (secondary N) is 1. The van der Waals surface area contributed by atoms with Crippen molar-refractivity contribution in [2.75, 3.05) is 13.2 Å². The number of ether oxygens (including phenoxy) is 2. The molecule has 2 atom stereocenters. The van der Waals surface area contributed by atoms with Gasteiger partial charge in [0.15, 0.2) is 0 Å². The molecule has 0 radical (unpaired) electrons. The molecule has 0 aliphatic rings. The van der Waals surface area contributed by atoms with Crippen LogP contribution in [0.4, 0.5) is 4.79 Å². The average Bonchev–Trinajstić information content (AvgIpc) is 2.74. The first-order chi connectivity index (χ1) is 15.8. The molecule has 188 valence electrons. The Morgan fingerprint density at radius 2 is 1.91 bits per heavy atom. The molecular weight excluding hydrogens is 454 g/mol. The molecule has 1 aromatic carbocycles. The molecule has 6 nitrogen and oxygen atoms in total. The highest BCUT2D eigenvalue weighted by Gasteiger charge is 2.37. The van der Waals surface area contributed by atoms with Crippen LogP contribution in [0.3, 0.4) is 0 Å². The van der Waals surface area contributed by atoms with Gasteiger partial charge in [0.25, 0.3) is 0 Å². The molecule has 7 heteroatoms. The van der Waals surface area contributed by atoms with Gasteiger partial charge in [-0.3, -0.25) is 4.79 Å². The third-order valence-electron chi connectivity index (χ3n) is 5.11. The number of aliphatic hydroxyl groups is 1. The van der Waals surface area contributed by atoms with Gasteiger partial charge < -0.3 is 19.9 Å². The van der Waals surface area contributed by atoms with E-state index in [0.717, 1.165) is 16.7 Å². The number of benzene rings is 1. The fourth-order valence-corrected chi connectivity index (χ4v) is 3.47. The molecule has 0 aliphatic carbocycles. The van der Waals surface area contributed by atoms with Gasteiger partial charge in [0.1, 0.15) is 5.60 Å². The Bertz CT molecular complexity index is 916. The van der Waals surface area contributed by atoms with Gasteiger partial charge in [0.2, 0.25) is 0 Å². The van der Waals surface area contributed by atoms with Crippen LogP contribution in [0, 0.1) is 5.41 Å². The van der Waals surface area contributed by atoms with E-state index in [9.17, 15) is 14.7 Å². The van der Waals surface area contributed by atoms with E-state index in [1.54, 1.807) is 40.7 Å². The van der Waals surface area contributed by atoms with Crippen LogP contribution >= 0.6 is 11.6 Å². The van der Waals surface area contributed by atoms with E-state index < -0.39 is 35.7 Å². The van der Waals surface area contributed by atoms with Crippen LogP contribution in [-0.4, -0.2) is 42.0 Å². The lowest BCUT2D eigenvalue weighted by Crippen LogP contribution is -2.45. The lowest BCUT2D eigenvalue weighted by atomic mass is 9.82. The van der Waals surface area contributed by atoms with Crippen molar-refractivity contribution in [2.45, 2.75) is 66.0 Å².